The van der Waals surface area contributed by atoms with E-state index in [0.717, 1.165) is 5.56 Å². The maximum absolute atomic E-state index is 12.7. The highest BCUT2D eigenvalue weighted by atomic mass is 16.6. The average Bonchev–Trinajstić information content (AvgIpc) is 2.65. The fourth-order valence-electron chi connectivity index (χ4n) is 2.47. The van der Waals surface area contributed by atoms with Crippen molar-refractivity contribution in [2.24, 2.45) is 5.41 Å². The SMILES string of the molecule is CCOC(=O)C(CCNCC(=O)OC)(Cc1ccncc1)C(=O)OCC. The Morgan fingerprint density at radius 1 is 1.08 bits per heavy atom. The molecule has 0 atom stereocenters. The molecule has 8 heteroatoms. The van der Waals surface area contributed by atoms with E-state index in [-0.39, 0.29) is 39.1 Å². The Labute approximate surface area is 153 Å². The van der Waals surface area contributed by atoms with Crippen molar-refractivity contribution in [3.8, 4) is 0 Å². The number of ether oxygens (including phenoxy) is 3. The van der Waals surface area contributed by atoms with Gasteiger partial charge in [0.15, 0.2) is 5.41 Å². The number of hydrogen-bond acceptors (Lipinski definition) is 8. The molecule has 1 aromatic rings. The molecular weight excluding hydrogens is 340 g/mol. The molecule has 0 radical (unpaired) electrons. The number of nitrogens with zero attached hydrogens (tertiary/aromatic N) is 1. The quantitative estimate of drug-likeness (QED) is 0.266. The van der Waals surface area contributed by atoms with E-state index in [9.17, 15) is 14.4 Å². The summed E-state index contributed by atoms with van der Waals surface area (Å²) in [7, 11) is 1.29. The number of nitrogens with one attached hydrogen (secondary N) is 1. The minimum Gasteiger partial charge on any atom is -0.468 e. The first-order chi connectivity index (χ1) is 12.5. The lowest BCUT2D eigenvalue weighted by Gasteiger charge is -2.29. The first kappa shape index (κ1) is 21.6. The average molecular weight is 366 g/mol. The first-order valence-corrected chi connectivity index (χ1v) is 8.51. The summed E-state index contributed by atoms with van der Waals surface area (Å²) >= 11 is 0. The Hall–Kier alpha value is -2.48. The summed E-state index contributed by atoms with van der Waals surface area (Å²) in [6.45, 7) is 3.86. The molecule has 144 valence electrons. The molecule has 0 unspecified atom stereocenters. The van der Waals surface area contributed by atoms with Crippen molar-refractivity contribution in [2.75, 3.05) is 33.4 Å². The van der Waals surface area contributed by atoms with Crippen LogP contribution in [0.4, 0.5) is 0 Å². The summed E-state index contributed by atoms with van der Waals surface area (Å²) in [6, 6.07) is 3.46. The number of pyridine rings is 1. The van der Waals surface area contributed by atoms with Crippen LogP contribution in [0, 0.1) is 5.41 Å². The highest BCUT2D eigenvalue weighted by Gasteiger charge is 2.48. The summed E-state index contributed by atoms with van der Waals surface area (Å²) in [5.74, 6) is -1.72. The van der Waals surface area contributed by atoms with Crippen molar-refractivity contribution in [3.05, 3.63) is 30.1 Å². The Kier molecular flexibility index (Phi) is 9.29. The van der Waals surface area contributed by atoms with E-state index in [0.29, 0.717) is 0 Å². The van der Waals surface area contributed by atoms with Gasteiger partial charge in [0.2, 0.25) is 0 Å². The fourth-order valence-corrected chi connectivity index (χ4v) is 2.47. The van der Waals surface area contributed by atoms with E-state index in [1.54, 1.807) is 38.4 Å². The normalized spacial score (nSPS) is 10.9. The van der Waals surface area contributed by atoms with Crippen LogP contribution >= 0.6 is 0 Å². The molecular formula is C18H26N2O6. The molecule has 0 spiro atoms. The molecule has 26 heavy (non-hydrogen) atoms. The zero-order chi connectivity index (χ0) is 19.4. The molecule has 0 amide bonds. The summed E-state index contributed by atoms with van der Waals surface area (Å²) in [4.78, 5) is 40.6. The van der Waals surface area contributed by atoms with E-state index >= 15 is 0 Å². The smallest absolute Gasteiger partial charge is 0.323 e. The van der Waals surface area contributed by atoms with Gasteiger partial charge in [0.1, 0.15) is 0 Å². The number of esters is 3. The minimum absolute atomic E-state index is 0.0203. The largest absolute Gasteiger partial charge is 0.468 e. The lowest BCUT2D eigenvalue weighted by atomic mass is 9.78. The van der Waals surface area contributed by atoms with Crippen LogP contribution in [0.25, 0.3) is 0 Å². The van der Waals surface area contributed by atoms with Crippen molar-refractivity contribution >= 4 is 17.9 Å². The number of carbonyl (C=O) groups is 3. The molecule has 1 N–H and O–H groups in total. The molecule has 1 heterocycles. The predicted molar refractivity (Wildman–Crippen MR) is 93.1 cm³/mol. The van der Waals surface area contributed by atoms with Gasteiger partial charge in [0.25, 0.3) is 0 Å². The molecule has 0 saturated carbocycles. The third kappa shape index (κ3) is 6.11. The Bertz CT molecular complexity index is 573. The van der Waals surface area contributed by atoms with Gasteiger partial charge in [-0.3, -0.25) is 19.4 Å². The van der Waals surface area contributed by atoms with Crippen LogP contribution in [-0.4, -0.2) is 56.3 Å². The second-order valence-corrected chi connectivity index (χ2v) is 5.56. The molecule has 0 aliphatic rings. The summed E-state index contributed by atoms with van der Waals surface area (Å²) in [5.41, 5.74) is -0.745. The number of methoxy groups -OCH3 is 1. The molecule has 1 aromatic heterocycles. The van der Waals surface area contributed by atoms with Crippen LogP contribution in [0.15, 0.2) is 24.5 Å². The van der Waals surface area contributed by atoms with Crippen molar-refractivity contribution in [3.63, 3.8) is 0 Å². The summed E-state index contributed by atoms with van der Waals surface area (Å²) < 4.78 is 14.9. The first-order valence-electron chi connectivity index (χ1n) is 8.51. The van der Waals surface area contributed by atoms with Crippen LogP contribution in [-0.2, 0) is 35.0 Å². The number of hydrogen-bond donors (Lipinski definition) is 1. The lowest BCUT2D eigenvalue weighted by Crippen LogP contribution is -2.46. The maximum atomic E-state index is 12.7. The van der Waals surface area contributed by atoms with Crippen LogP contribution in [0.5, 0.6) is 0 Å². The Balaban J connectivity index is 3.05. The van der Waals surface area contributed by atoms with Crippen molar-refractivity contribution in [1.82, 2.24) is 10.3 Å². The topological polar surface area (TPSA) is 104 Å². The van der Waals surface area contributed by atoms with Gasteiger partial charge in [-0.15, -0.1) is 0 Å². The van der Waals surface area contributed by atoms with E-state index < -0.39 is 23.3 Å². The van der Waals surface area contributed by atoms with Gasteiger partial charge in [0, 0.05) is 12.4 Å². The molecule has 0 saturated heterocycles. The second-order valence-electron chi connectivity index (χ2n) is 5.56. The zero-order valence-electron chi connectivity index (χ0n) is 15.4. The summed E-state index contributed by atoms with van der Waals surface area (Å²) in [6.07, 6.45) is 3.41. The van der Waals surface area contributed by atoms with E-state index in [2.05, 4.69) is 15.0 Å². The molecule has 8 nitrogen and oxygen atoms in total. The lowest BCUT2D eigenvalue weighted by molar-refractivity contribution is -0.172. The van der Waals surface area contributed by atoms with Gasteiger partial charge in [-0.1, -0.05) is 0 Å². The van der Waals surface area contributed by atoms with Crippen LogP contribution in [0.1, 0.15) is 25.8 Å². The monoisotopic (exact) mass is 366 g/mol. The Morgan fingerprint density at radius 3 is 2.15 bits per heavy atom. The number of carbonyl (C=O) groups excluding carboxylic acids is 3. The molecule has 0 bridgehead atoms. The minimum atomic E-state index is -1.50. The van der Waals surface area contributed by atoms with Crippen LogP contribution in [0.2, 0.25) is 0 Å². The number of aromatic nitrogens is 1. The van der Waals surface area contributed by atoms with Gasteiger partial charge in [0.05, 0.1) is 26.9 Å². The van der Waals surface area contributed by atoms with Gasteiger partial charge in [-0.05, 0) is 50.9 Å². The third-order valence-corrected chi connectivity index (χ3v) is 3.81. The fraction of sp³-hybridized carbons (Fsp3) is 0.556. The third-order valence-electron chi connectivity index (χ3n) is 3.81. The van der Waals surface area contributed by atoms with E-state index in [1.807, 2.05) is 0 Å². The Morgan fingerprint density at radius 2 is 1.65 bits per heavy atom. The maximum Gasteiger partial charge on any atom is 0.323 e. The summed E-state index contributed by atoms with van der Waals surface area (Å²) in [5, 5.41) is 2.87. The van der Waals surface area contributed by atoms with Crippen molar-refractivity contribution in [2.45, 2.75) is 26.7 Å². The molecule has 0 aliphatic heterocycles. The molecule has 0 aliphatic carbocycles. The highest BCUT2D eigenvalue weighted by Crippen LogP contribution is 2.31. The van der Waals surface area contributed by atoms with Crippen LogP contribution < -0.4 is 5.32 Å². The second kappa shape index (κ2) is 11.2. The van der Waals surface area contributed by atoms with Gasteiger partial charge in [-0.25, -0.2) is 0 Å². The molecule has 0 fully saturated rings. The standard InChI is InChI=1S/C18H26N2O6/c1-4-25-16(22)18(17(23)26-5-2,8-11-20-13-15(21)24-3)12-14-6-9-19-10-7-14/h6-7,9-10,20H,4-5,8,11-13H2,1-3H3. The van der Waals surface area contributed by atoms with Gasteiger partial charge in [-0.2, -0.15) is 0 Å². The highest BCUT2D eigenvalue weighted by molar-refractivity contribution is 6.00. The van der Waals surface area contributed by atoms with Gasteiger partial charge >= 0.3 is 17.9 Å². The number of rotatable bonds is 11. The van der Waals surface area contributed by atoms with Crippen molar-refractivity contribution in [1.29, 1.82) is 0 Å². The van der Waals surface area contributed by atoms with E-state index in [4.69, 9.17) is 9.47 Å². The van der Waals surface area contributed by atoms with Crippen LogP contribution in [0.3, 0.4) is 0 Å². The predicted octanol–water partition coefficient (Wildman–Crippen LogP) is 0.889. The van der Waals surface area contributed by atoms with Crippen molar-refractivity contribution < 1.29 is 28.6 Å². The molecule has 0 aromatic carbocycles. The van der Waals surface area contributed by atoms with E-state index in [1.165, 1.54) is 7.11 Å². The molecule has 1 rings (SSSR count). The van der Waals surface area contributed by atoms with Gasteiger partial charge < -0.3 is 19.5 Å². The zero-order valence-corrected chi connectivity index (χ0v) is 15.4.